The van der Waals surface area contributed by atoms with Gasteiger partial charge in [0.1, 0.15) is 0 Å². The highest BCUT2D eigenvalue weighted by atomic mass is 32.1. The first kappa shape index (κ1) is 14.5. The van der Waals surface area contributed by atoms with E-state index in [1.165, 1.54) is 0 Å². The number of rotatable bonds is 3. The number of hydrogen-bond donors (Lipinski definition) is 4. The molecule has 76 valence electrons. The first-order chi connectivity index (χ1) is 5.82. The molecular formula is C7H12O5S. The third kappa shape index (κ3) is 11.0. The lowest BCUT2D eigenvalue weighted by Crippen LogP contribution is -2.17. The molecule has 0 heterocycles. The maximum Gasteiger partial charge on any atom is 0.341 e. The van der Waals surface area contributed by atoms with Gasteiger partial charge < -0.3 is 15.3 Å². The molecule has 13 heavy (non-hydrogen) atoms. The Morgan fingerprint density at radius 1 is 1.46 bits per heavy atom. The highest BCUT2D eigenvalue weighted by molar-refractivity contribution is 7.85. The lowest BCUT2D eigenvalue weighted by Gasteiger charge is -1.95. The molecule has 0 amide bonds. The van der Waals surface area contributed by atoms with Crippen molar-refractivity contribution < 1.29 is 24.9 Å². The van der Waals surface area contributed by atoms with Crippen molar-refractivity contribution in [3.05, 3.63) is 11.5 Å². The van der Waals surface area contributed by atoms with Gasteiger partial charge >= 0.3 is 11.9 Å². The van der Waals surface area contributed by atoms with Crippen LogP contribution >= 0.6 is 12.6 Å². The monoisotopic (exact) mass is 208 g/mol. The van der Waals surface area contributed by atoms with Crippen molar-refractivity contribution in [2.75, 3.05) is 0 Å². The Bertz CT molecular complexity index is 189. The first-order valence-corrected chi connectivity index (χ1v) is 3.79. The summed E-state index contributed by atoms with van der Waals surface area (Å²) in [6.45, 7) is 4.63. The molecule has 0 saturated carbocycles. The summed E-state index contributed by atoms with van der Waals surface area (Å²) in [4.78, 5) is 19.1. The molecule has 1 unspecified atom stereocenters. The van der Waals surface area contributed by atoms with Crippen molar-refractivity contribution in [3.8, 4) is 0 Å². The summed E-state index contributed by atoms with van der Waals surface area (Å²) in [6.07, 6.45) is -0.907. The Balaban J connectivity index is 0. The topological polar surface area (TPSA) is 94.8 Å². The van der Waals surface area contributed by atoms with Gasteiger partial charge in [-0.05, 0) is 6.42 Å². The Morgan fingerprint density at radius 2 is 1.77 bits per heavy atom. The van der Waals surface area contributed by atoms with Crippen LogP contribution in [-0.2, 0) is 9.59 Å². The minimum absolute atomic E-state index is 0.130. The van der Waals surface area contributed by atoms with Gasteiger partial charge in [-0.2, -0.15) is 0 Å². The van der Waals surface area contributed by atoms with Crippen molar-refractivity contribution in [3.63, 3.8) is 0 Å². The molecule has 0 aromatic carbocycles. The molecule has 0 aromatic rings. The molecule has 0 bridgehead atoms. The standard InChI is InChI=1S/C4H8O3.C3H4O2S/c1-2-3(5)4(6)7;1-2(6)3(4)5/h3,5H,2H2,1H3,(H,6,7);6H,1H2,(H,4,5). The van der Waals surface area contributed by atoms with Gasteiger partial charge in [-0.3, -0.25) is 0 Å². The number of aliphatic hydroxyl groups excluding tert-OH is 1. The van der Waals surface area contributed by atoms with Gasteiger partial charge in [0, 0.05) is 0 Å². The van der Waals surface area contributed by atoms with E-state index < -0.39 is 18.0 Å². The lowest BCUT2D eigenvalue weighted by atomic mass is 10.3. The van der Waals surface area contributed by atoms with Crippen LogP contribution in [0.1, 0.15) is 13.3 Å². The zero-order valence-electron chi connectivity index (χ0n) is 7.10. The molecular weight excluding hydrogens is 196 g/mol. The normalized spacial score (nSPS) is 10.7. The third-order valence-electron chi connectivity index (χ3n) is 0.919. The molecule has 0 aliphatic rings. The Hall–Kier alpha value is -1.01. The van der Waals surface area contributed by atoms with Gasteiger partial charge in [-0.25, -0.2) is 9.59 Å². The number of thiol groups is 1. The number of carbonyl (C=O) groups is 2. The smallest absolute Gasteiger partial charge is 0.341 e. The van der Waals surface area contributed by atoms with E-state index in [-0.39, 0.29) is 11.3 Å². The van der Waals surface area contributed by atoms with Gasteiger partial charge in [0.05, 0.1) is 4.91 Å². The van der Waals surface area contributed by atoms with Crippen LogP contribution < -0.4 is 0 Å². The fourth-order valence-electron chi connectivity index (χ4n) is 0.175. The van der Waals surface area contributed by atoms with Gasteiger partial charge in [-0.1, -0.05) is 13.5 Å². The third-order valence-corrected chi connectivity index (χ3v) is 1.11. The minimum Gasteiger partial charge on any atom is -0.479 e. The molecule has 0 radical (unpaired) electrons. The van der Waals surface area contributed by atoms with Crippen molar-refractivity contribution in [2.45, 2.75) is 19.4 Å². The molecule has 6 heteroatoms. The highest BCUT2D eigenvalue weighted by Gasteiger charge is 2.07. The molecule has 0 aromatic heterocycles. The van der Waals surface area contributed by atoms with E-state index >= 15 is 0 Å². The van der Waals surface area contributed by atoms with E-state index in [1.807, 2.05) is 0 Å². The second-order valence-electron chi connectivity index (χ2n) is 2.01. The SMILES string of the molecule is C=C(S)C(=O)O.CCC(O)C(=O)O. The Kier molecular flexibility index (Phi) is 8.52. The van der Waals surface area contributed by atoms with Crippen LogP contribution in [-0.4, -0.2) is 33.4 Å². The molecule has 0 aliphatic heterocycles. The summed E-state index contributed by atoms with van der Waals surface area (Å²) < 4.78 is 0. The average molecular weight is 208 g/mol. The quantitative estimate of drug-likeness (QED) is 0.396. The maximum absolute atomic E-state index is 9.68. The van der Waals surface area contributed by atoms with Crippen molar-refractivity contribution in [1.29, 1.82) is 0 Å². The number of hydrogen-bond acceptors (Lipinski definition) is 4. The van der Waals surface area contributed by atoms with Crippen molar-refractivity contribution in [2.24, 2.45) is 0 Å². The summed E-state index contributed by atoms with van der Waals surface area (Å²) in [7, 11) is 0. The summed E-state index contributed by atoms with van der Waals surface area (Å²) >= 11 is 3.40. The first-order valence-electron chi connectivity index (χ1n) is 3.34. The largest absolute Gasteiger partial charge is 0.479 e. The summed E-state index contributed by atoms with van der Waals surface area (Å²) in [5.74, 6) is -2.22. The van der Waals surface area contributed by atoms with Crippen LogP contribution in [0.25, 0.3) is 0 Å². The molecule has 0 rings (SSSR count). The summed E-state index contributed by atoms with van der Waals surface area (Å²) in [6, 6.07) is 0. The second-order valence-corrected chi connectivity index (χ2v) is 2.55. The minimum atomic E-state index is -1.18. The van der Waals surface area contributed by atoms with Crippen LogP contribution in [0.2, 0.25) is 0 Å². The molecule has 0 aliphatic carbocycles. The summed E-state index contributed by atoms with van der Waals surface area (Å²) in [5.41, 5.74) is 0. The molecule has 0 saturated heterocycles. The predicted molar refractivity (Wildman–Crippen MR) is 49.7 cm³/mol. The Labute approximate surface area is 81.1 Å². The van der Waals surface area contributed by atoms with E-state index in [4.69, 9.17) is 15.3 Å². The fraction of sp³-hybridized carbons (Fsp3) is 0.429. The van der Waals surface area contributed by atoms with E-state index in [0.29, 0.717) is 0 Å². The lowest BCUT2D eigenvalue weighted by molar-refractivity contribution is -0.146. The number of carboxylic acid groups (broad SMARTS) is 2. The number of aliphatic hydroxyl groups is 1. The van der Waals surface area contributed by atoms with Crippen LogP contribution in [0.15, 0.2) is 11.5 Å². The molecule has 0 fully saturated rings. The second kappa shape index (κ2) is 7.63. The molecule has 0 spiro atoms. The van der Waals surface area contributed by atoms with Crippen LogP contribution in [0.5, 0.6) is 0 Å². The van der Waals surface area contributed by atoms with Gasteiger partial charge in [0.15, 0.2) is 6.10 Å². The van der Waals surface area contributed by atoms with Crippen LogP contribution in [0, 0.1) is 0 Å². The Morgan fingerprint density at radius 3 is 1.77 bits per heavy atom. The van der Waals surface area contributed by atoms with Gasteiger partial charge in [0.2, 0.25) is 0 Å². The molecule has 5 nitrogen and oxygen atoms in total. The van der Waals surface area contributed by atoms with E-state index in [2.05, 4.69) is 19.2 Å². The van der Waals surface area contributed by atoms with Gasteiger partial charge in [0.25, 0.3) is 0 Å². The van der Waals surface area contributed by atoms with Crippen molar-refractivity contribution in [1.82, 2.24) is 0 Å². The maximum atomic E-state index is 9.68. The van der Waals surface area contributed by atoms with E-state index in [0.717, 1.165) is 0 Å². The average Bonchev–Trinajstić information content (AvgIpc) is 2.03. The highest BCUT2D eigenvalue weighted by Crippen LogP contribution is 1.91. The number of carboxylic acids is 2. The number of aliphatic carboxylic acids is 2. The van der Waals surface area contributed by atoms with E-state index in [1.54, 1.807) is 6.92 Å². The zero-order chi connectivity index (χ0) is 11.0. The van der Waals surface area contributed by atoms with Crippen LogP contribution in [0.4, 0.5) is 0 Å². The molecule has 1 atom stereocenters. The summed E-state index contributed by atoms with van der Waals surface area (Å²) in [5, 5.41) is 24.1. The van der Waals surface area contributed by atoms with E-state index in [9.17, 15) is 9.59 Å². The zero-order valence-corrected chi connectivity index (χ0v) is 7.99. The van der Waals surface area contributed by atoms with Crippen molar-refractivity contribution >= 4 is 24.6 Å². The van der Waals surface area contributed by atoms with Gasteiger partial charge in [-0.15, -0.1) is 12.6 Å². The van der Waals surface area contributed by atoms with Crippen LogP contribution in [0.3, 0.4) is 0 Å². The molecule has 3 N–H and O–H groups in total. The fourth-order valence-corrected chi connectivity index (χ4v) is 0.175. The predicted octanol–water partition coefficient (Wildman–Crippen LogP) is 0.356.